The van der Waals surface area contributed by atoms with E-state index in [-0.39, 0.29) is 22.4 Å². The van der Waals surface area contributed by atoms with Gasteiger partial charge in [0.25, 0.3) is 0 Å². The lowest BCUT2D eigenvalue weighted by Crippen LogP contribution is -2.13. The standard InChI is InChI=1S/C27H24ClN7O4/c1-12-9-15(14(3)31-18-7-8-21(28)33-22(18)26-34-27(37)39-35-26)25-16(10-12)23(36)13(2)24(38-25)19-6-5-17(29)20(32-19)11-30-4/h5-11,14,31H,29H2,1-4H3,(H,34,35,37). The maximum absolute atomic E-state index is 13.5. The van der Waals surface area contributed by atoms with E-state index in [0.29, 0.717) is 50.7 Å². The number of aryl methyl sites for hydroxylation is 1. The summed E-state index contributed by atoms with van der Waals surface area (Å²) in [5.74, 6) is -0.258. The van der Waals surface area contributed by atoms with Crippen molar-refractivity contribution in [3.63, 3.8) is 0 Å². The highest BCUT2D eigenvalue weighted by Gasteiger charge is 2.21. The predicted molar refractivity (Wildman–Crippen MR) is 151 cm³/mol. The van der Waals surface area contributed by atoms with Crippen LogP contribution in [0.4, 0.5) is 11.4 Å². The molecule has 11 nitrogen and oxygen atoms in total. The molecule has 0 fully saturated rings. The Bertz CT molecular complexity index is 1870. The number of anilines is 2. The van der Waals surface area contributed by atoms with Gasteiger partial charge in [-0.15, -0.1) is 0 Å². The van der Waals surface area contributed by atoms with E-state index in [0.717, 1.165) is 11.1 Å². The van der Waals surface area contributed by atoms with Crippen molar-refractivity contribution < 1.29 is 8.94 Å². The van der Waals surface area contributed by atoms with Gasteiger partial charge in [-0.2, -0.15) is 0 Å². The zero-order chi connectivity index (χ0) is 27.8. The Labute approximate surface area is 226 Å². The van der Waals surface area contributed by atoms with Crippen molar-refractivity contribution >= 4 is 40.2 Å². The van der Waals surface area contributed by atoms with Crippen LogP contribution in [0.15, 0.2) is 59.9 Å². The lowest BCUT2D eigenvalue weighted by molar-refractivity contribution is 0.388. The van der Waals surface area contributed by atoms with Crippen LogP contribution in [0.2, 0.25) is 5.15 Å². The number of aromatic nitrogens is 4. The number of hydrogen-bond acceptors (Lipinski definition) is 10. The molecule has 0 radical (unpaired) electrons. The minimum absolute atomic E-state index is 0.122. The third-order valence-corrected chi connectivity index (χ3v) is 6.41. The molecule has 0 saturated heterocycles. The molecule has 4 N–H and O–H groups in total. The van der Waals surface area contributed by atoms with Gasteiger partial charge in [0.1, 0.15) is 27.8 Å². The minimum atomic E-state index is -0.718. The average Bonchev–Trinajstić information content (AvgIpc) is 3.34. The molecule has 1 unspecified atom stereocenters. The number of halogens is 1. The second kappa shape index (κ2) is 10.2. The van der Waals surface area contributed by atoms with Gasteiger partial charge in [0.05, 0.1) is 22.8 Å². The number of aromatic amines is 1. The number of aliphatic imine (C=N–C) groups is 1. The Morgan fingerprint density at radius 1 is 1.15 bits per heavy atom. The van der Waals surface area contributed by atoms with Crippen LogP contribution in [-0.2, 0) is 0 Å². The van der Waals surface area contributed by atoms with Gasteiger partial charge in [-0.25, -0.2) is 14.8 Å². The Balaban J connectivity index is 1.65. The quantitative estimate of drug-likeness (QED) is 0.203. The van der Waals surface area contributed by atoms with E-state index in [1.807, 2.05) is 19.9 Å². The molecule has 0 aliphatic carbocycles. The number of fused-ring (bicyclic) bond motifs is 1. The monoisotopic (exact) mass is 545 g/mol. The number of nitrogens with zero attached hydrogens (tertiary/aromatic N) is 4. The first-order chi connectivity index (χ1) is 18.7. The summed E-state index contributed by atoms with van der Waals surface area (Å²) in [5.41, 5.74) is 10.5. The van der Waals surface area contributed by atoms with Crippen LogP contribution in [-0.4, -0.2) is 33.4 Å². The maximum atomic E-state index is 13.5. The molecule has 198 valence electrons. The topological polar surface area (TPSA) is 165 Å². The van der Waals surface area contributed by atoms with Crippen molar-refractivity contribution in [2.75, 3.05) is 18.1 Å². The second-order valence-corrected chi connectivity index (χ2v) is 9.40. The van der Waals surface area contributed by atoms with Crippen LogP contribution >= 0.6 is 11.6 Å². The third kappa shape index (κ3) is 4.91. The Hall–Kier alpha value is -4.77. The van der Waals surface area contributed by atoms with Crippen LogP contribution in [0.25, 0.3) is 33.9 Å². The van der Waals surface area contributed by atoms with Crippen LogP contribution in [0.5, 0.6) is 0 Å². The summed E-state index contributed by atoms with van der Waals surface area (Å²) < 4.78 is 11.1. The number of H-pyrrole nitrogens is 1. The van der Waals surface area contributed by atoms with E-state index in [1.54, 1.807) is 50.5 Å². The van der Waals surface area contributed by atoms with Gasteiger partial charge in [0.2, 0.25) is 5.82 Å². The molecule has 4 heterocycles. The van der Waals surface area contributed by atoms with Crippen molar-refractivity contribution in [2.45, 2.75) is 26.8 Å². The van der Waals surface area contributed by atoms with Crippen molar-refractivity contribution in [2.24, 2.45) is 4.99 Å². The van der Waals surface area contributed by atoms with E-state index in [9.17, 15) is 9.59 Å². The van der Waals surface area contributed by atoms with Crippen molar-refractivity contribution in [3.05, 3.63) is 84.7 Å². The molecule has 5 rings (SSSR count). The van der Waals surface area contributed by atoms with E-state index in [1.165, 1.54) is 0 Å². The van der Waals surface area contributed by atoms with Gasteiger partial charge < -0.3 is 15.5 Å². The van der Waals surface area contributed by atoms with Crippen LogP contribution in [0.1, 0.15) is 35.3 Å². The Morgan fingerprint density at radius 2 is 1.95 bits per heavy atom. The minimum Gasteiger partial charge on any atom is -0.454 e. The average molecular weight is 546 g/mol. The zero-order valence-corrected chi connectivity index (χ0v) is 22.3. The number of nitrogen functional groups attached to an aromatic ring is 1. The molecule has 0 spiro atoms. The molecule has 0 aliphatic rings. The first kappa shape index (κ1) is 25.9. The number of hydrogen-bond donors (Lipinski definition) is 3. The van der Waals surface area contributed by atoms with Gasteiger partial charge in [0.15, 0.2) is 11.2 Å². The van der Waals surface area contributed by atoms with E-state index >= 15 is 0 Å². The molecule has 0 aliphatic heterocycles. The summed E-state index contributed by atoms with van der Waals surface area (Å²) in [6.45, 7) is 5.53. The zero-order valence-electron chi connectivity index (χ0n) is 21.5. The van der Waals surface area contributed by atoms with E-state index < -0.39 is 5.76 Å². The van der Waals surface area contributed by atoms with Gasteiger partial charge >= 0.3 is 5.76 Å². The van der Waals surface area contributed by atoms with Crippen LogP contribution < -0.4 is 22.2 Å². The summed E-state index contributed by atoms with van der Waals surface area (Å²) >= 11 is 6.11. The molecule has 0 bridgehead atoms. The van der Waals surface area contributed by atoms with Gasteiger partial charge in [-0.1, -0.05) is 22.8 Å². The fraction of sp³-hybridized carbons (Fsp3) is 0.185. The van der Waals surface area contributed by atoms with Crippen molar-refractivity contribution in [1.82, 2.24) is 20.1 Å². The van der Waals surface area contributed by atoms with Crippen LogP contribution in [0, 0.1) is 13.8 Å². The molecule has 12 heteroatoms. The number of rotatable bonds is 6. The summed E-state index contributed by atoms with van der Waals surface area (Å²) in [4.78, 5) is 40.4. The number of pyridine rings is 2. The first-order valence-electron chi connectivity index (χ1n) is 11.9. The summed E-state index contributed by atoms with van der Waals surface area (Å²) in [6.07, 6.45) is 1.55. The molecular formula is C27H24ClN7O4. The van der Waals surface area contributed by atoms with Gasteiger partial charge in [-0.3, -0.25) is 19.3 Å². The highest BCUT2D eigenvalue weighted by molar-refractivity contribution is 6.29. The molecule has 0 saturated carbocycles. The highest BCUT2D eigenvalue weighted by Crippen LogP contribution is 2.34. The van der Waals surface area contributed by atoms with Crippen LogP contribution in [0.3, 0.4) is 0 Å². The fourth-order valence-electron chi connectivity index (χ4n) is 4.35. The summed E-state index contributed by atoms with van der Waals surface area (Å²) in [5, 5.41) is 7.76. The fourth-order valence-corrected chi connectivity index (χ4v) is 4.49. The molecular weight excluding hydrogens is 522 g/mol. The maximum Gasteiger partial charge on any atom is 0.439 e. The van der Waals surface area contributed by atoms with Crippen molar-refractivity contribution in [3.8, 4) is 23.0 Å². The molecule has 5 aromatic rings. The predicted octanol–water partition coefficient (Wildman–Crippen LogP) is 4.67. The smallest absolute Gasteiger partial charge is 0.439 e. The highest BCUT2D eigenvalue weighted by atomic mass is 35.5. The second-order valence-electron chi connectivity index (χ2n) is 9.01. The van der Waals surface area contributed by atoms with E-state index in [2.05, 4.69) is 34.9 Å². The first-order valence-corrected chi connectivity index (χ1v) is 12.3. The molecule has 1 atom stereocenters. The molecule has 0 amide bonds. The molecule has 39 heavy (non-hydrogen) atoms. The number of nitrogens with one attached hydrogen (secondary N) is 2. The normalized spacial score (nSPS) is 12.3. The Morgan fingerprint density at radius 3 is 2.67 bits per heavy atom. The molecule has 4 aromatic heterocycles. The third-order valence-electron chi connectivity index (χ3n) is 6.20. The van der Waals surface area contributed by atoms with Gasteiger partial charge in [-0.05, 0) is 56.7 Å². The lowest BCUT2D eigenvalue weighted by atomic mass is 9.99. The largest absolute Gasteiger partial charge is 0.454 e. The summed E-state index contributed by atoms with van der Waals surface area (Å²) in [6, 6.07) is 10.1. The Kier molecular flexibility index (Phi) is 6.75. The lowest BCUT2D eigenvalue weighted by Gasteiger charge is -2.20. The van der Waals surface area contributed by atoms with Gasteiger partial charge in [0, 0.05) is 24.4 Å². The SMILES string of the molecule is CN=Cc1nc(-c2oc3c(C(C)Nc4ccc(Cl)nc4-c4noc(=O)[nH]4)cc(C)cc3c(=O)c2C)ccc1N. The number of nitrogens with two attached hydrogens (primary N) is 1. The number of benzene rings is 1. The van der Waals surface area contributed by atoms with Crippen molar-refractivity contribution in [1.29, 1.82) is 0 Å². The van der Waals surface area contributed by atoms with E-state index in [4.69, 9.17) is 21.8 Å². The summed E-state index contributed by atoms with van der Waals surface area (Å²) in [7, 11) is 1.63. The molecule has 1 aromatic carbocycles.